The second-order valence-electron chi connectivity index (χ2n) is 3.60. The fraction of sp³-hybridized carbons (Fsp3) is 0. The lowest BCUT2D eigenvalue weighted by atomic mass is 10.2. The first-order chi connectivity index (χ1) is 7.83. The topological polar surface area (TPSA) is 17.3 Å². The minimum absolute atomic E-state index is 0. The number of fused-ring (bicyclic) bond motifs is 1. The van der Waals surface area contributed by atoms with Gasteiger partial charge in [0.25, 0.3) is 0 Å². The van der Waals surface area contributed by atoms with Crippen LogP contribution in [-0.2, 0) is 0 Å². The van der Waals surface area contributed by atoms with E-state index in [2.05, 4.69) is 33.0 Å². The van der Waals surface area contributed by atoms with Gasteiger partial charge in [-0.1, -0.05) is 34.1 Å². The maximum atomic E-state index is 4.56. The van der Waals surface area contributed by atoms with Gasteiger partial charge in [-0.3, -0.25) is 0 Å². The molecule has 0 aliphatic rings. The van der Waals surface area contributed by atoms with Gasteiger partial charge in [0.1, 0.15) is 5.65 Å². The normalized spacial score (nSPS) is 10.2. The molecule has 0 bridgehead atoms. The summed E-state index contributed by atoms with van der Waals surface area (Å²) in [6, 6.07) is 14.2. The maximum Gasteiger partial charge on any atom is 0.137 e. The Labute approximate surface area is 125 Å². The van der Waals surface area contributed by atoms with Gasteiger partial charge in [0.2, 0.25) is 0 Å². The molecule has 0 amide bonds. The monoisotopic (exact) mass is 399 g/mol. The minimum Gasteiger partial charge on any atom is -1.00 e. The molecule has 0 saturated heterocycles. The summed E-state index contributed by atoms with van der Waals surface area (Å²) in [7, 11) is 0. The molecule has 0 aliphatic carbocycles. The third-order valence-electron chi connectivity index (χ3n) is 2.50. The Balaban J connectivity index is 0.00000108. The van der Waals surface area contributed by atoms with E-state index in [1.54, 1.807) is 0 Å². The van der Waals surface area contributed by atoms with Crippen LogP contribution in [0.2, 0.25) is 0 Å². The molecule has 0 unspecified atom stereocenters. The molecule has 0 spiro atoms. The number of rotatable bonds is 1. The molecule has 0 saturated carbocycles. The molecule has 3 aromatic rings. The van der Waals surface area contributed by atoms with Crippen LogP contribution >= 0.6 is 15.9 Å². The van der Waals surface area contributed by atoms with Gasteiger partial charge in [-0.2, -0.15) is 0 Å². The van der Waals surface area contributed by atoms with Gasteiger partial charge in [0, 0.05) is 22.4 Å². The first-order valence-electron chi connectivity index (χ1n) is 5.02. The predicted molar refractivity (Wildman–Crippen MR) is 68.3 cm³/mol. The molecule has 0 N–H and O–H groups in total. The van der Waals surface area contributed by atoms with E-state index in [4.69, 9.17) is 0 Å². The van der Waals surface area contributed by atoms with Crippen LogP contribution < -0.4 is 24.0 Å². The Morgan fingerprint density at radius 3 is 2.47 bits per heavy atom. The van der Waals surface area contributed by atoms with Crippen molar-refractivity contribution in [2.75, 3.05) is 0 Å². The summed E-state index contributed by atoms with van der Waals surface area (Å²) < 4.78 is 3.11. The van der Waals surface area contributed by atoms with Gasteiger partial charge in [0.15, 0.2) is 0 Å². The van der Waals surface area contributed by atoms with E-state index in [9.17, 15) is 0 Å². The minimum atomic E-state index is 0. The van der Waals surface area contributed by atoms with Crippen LogP contribution in [0.5, 0.6) is 0 Å². The Hall–Kier alpha value is -0.880. The van der Waals surface area contributed by atoms with E-state index in [1.807, 2.05) is 47.1 Å². The third kappa shape index (κ3) is 2.52. The summed E-state index contributed by atoms with van der Waals surface area (Å²) >= 11 is 3.43. The Morgan fingerprint density at radius 2 is 1.76 bits per heavy atom. The molecule has 0 fully saturated rings. The number of hydrogen-bond donors (Lipinski definition) is 0. The lowest BCUT2D eigenvalue weighted by molar-refractivity contribution is -0.00000310. The van der Waals surface area contributed by atoms with E-state index < -0.39 is 0 Å². The molecule has 3 rings (SSSR count). The van der Waals surface area contributed by atoms with Crippen LogP contribution in [0.4, 0.5) is 0 Å². The molecule has 0 aliphatic heterocycles. The van der Waals surface area contributed by atoms with E-state index in [0.717, 1.165) is 21.4 Å². The molecule has 0 atom stereocenters. The Kier molecular flexibility index (Phi) is 3.83. The first-order valence-corrected chi connectivity index (χ1v) is 5.82. The molecular formula is C13H9BrIN2-. The summed E-state index contributed by atoms with van der Waals surface area (Å²) in [5, 5.41) is 0. The van der Waals surface area contributed by atoms with Crippen LogP contribution in [-0.4, -0.2) is 9.38 Å². The van der Waals surface area contributed by atoms with Crippen LogP contribution in [0.15, 0.2) is 59.3 Å². The molecule has 17 heavy (non-hydrogen) atoms. The first kappa shape index (κ1) is 12.6. The highest BCUT2D eigenvalue weighted by atomic mass is 127. The Bertz CT molecular complexity index is 598. The van der Waals surface area contributed by atoms with E-state index in [-0.39, 0.29) is 24.0 Å². The number of hydrogen-bond acceptors (Lipinski definition) is 1. The van der Waals surface area contributed by atoms with Crippen LogP contribution in [0.1, 0.15) is 0 Å². The number of nitrogens with zero attached hydrogens (tertiary/aromatic N) is 2. The van der Waals surface area contributed by atoms with Crippen molar-refractivity contribution in [1.29, 1.82) is 0 Å². The van der Waals surface area contributed by atoms with Gasteiger partial charge in [-0.15, -0.1) is 0 Å². The largest absolute Gasteiger partial charge is 1.00 e. The average Bonchev–Trinajstić information content (AvgIpc) is 2.73. The number of benzene rings is 1. The predicted octanol–water partition coefficient (Wildman–Crippen LogP) is 0.768. The molecule has 86 valence electrons. The number of imidazole rings is 1. The smallest absolute Gasteiger partial charge is 0.137 e. The van der Waals surface area contributed by atoms with Gasteiger partial charge < -0.3 is 28.4 Å². The highest BCUT2D eigenvalue weighted by Gasteiger charge is 2.02. The standard InChI is InChI=1S/C13H9BrN2.HI/c14-11-6-4-10(5-7-11)12-9-16-8-2-1-3-13(16)15-12;/h1-9H;1H/p-1. The van der Waals surface area contributed by atoms with Crippen molar-refractivity contribution in [1.82, 2.24) is 9.38 Å². The van der Waals surface area contributed by atoms with Gasteiger partial charge >= 0.3 is 0 Å². The number of aromatic nitrogens is 2. The SMILES string of the molecule is Brc1ccc(-c2cn3ccccc3n2)cc1.[I-]. The van der Waals surface area contributed by atoms with Crippen molar-refractivity contribution in [3.8, 4) is 11.3 Å². The summed E-state index contributed by atoms with van der Waals surface area (Å²) in [5.74, 6) is 0. The summed E-state index contributed by atoms with van der Waals surface area (Å²) in [5.41, 5.74) is 3.10. The zero-order chi connectivity index (χ0) is 11.0. The number of halogens is 2. The summed E-state index contributed by atoms with van der Waals surface area (Å²) in [6.07, 6.45) is 4.04. The van der Waals surface area contributed by atoms with Crippen molar-refractivity contribution < 1.29 is 24.0 Å². The summed E-state index contributed by atoms with van der Waals surface area (Å²) in [4.78, 5) is 4.56. The molecular weight excluding hydrogens is 391 g/mol. The van der Waals surface area contributed by atoms with Crippen molar-refractivity contribution in [2.45, 2.75) is 0 Å². The second kappa shape index (κ2) is 5.18. The van der Waals surface area contributed by atoms with Crippen LogP contribution in [0.25, 0.3) is 16.9 Å². The fourth-order valence-electron chi connectivity index (χ4n) is 1.69. The van der Waals surface area contributed by atoms with Crippen LogP contribution in [0, 0.1) is 0 Å². The van der Waals surface area contributed by atoms with Crippen molar-refractivity contribution in [2.24, 2.45) is 0 Å². The van der Waals surface area contributed by atoms with Gasteiger partial charge in [0.05, 0.1) is 5.69 Å². The molecule has 4 heteroatoms. The quantitative estimate of drug-likeness (QED) is 0.552. The zero-order valence-electron chi connectivity index (χ0n) is 8.85. The molecule has 2 nitrogen and oxygen atoms in total. The third-order valence-corrected chi connectivity index (χ3v) is 3.03. The van der Waals surface area contributed by atoms with E-state index in [1.165, 1.54) is 0 Å². The van der Waals surface area contributed by atoms with Crippen molar-refractivity contribution in [3.05, 3.63) is 59.3 Å². The van der Waals surface area contributed by atoms with Gasteiger partial charge in [-0.25, -0.2) is 4.98 Å². The number of pyridine rings is 1. The van der Waals surface area contributed by atoms with Gasteiger partial charge in [-0.05, 0) is 24.3 Å². The molecule has 1 aromatic carbocycles. The second-order valence-corrected chi connectivity index (χ2v) is 4.51. The molecule has 0 radical (unpaired) electrons. The lowest BCUT2D eigenvalue weighted by Gasteiger charge is -1.95. The molecule has 2 aromatic heterocycles. The van der Waals surface area contributed by atoms with Crippen LogP contribution in [0.3, 0.4) is 0 Å². The van der Waals surface area contributed by atoms with E-state index in [0.29, 0.717) is 0 Å². The highest BCUT2D eigenvalue weighted by molar-refractivity contribution is 9.10. The average molecular weight is 400 g/mol. The van der Waals surface area contributed by atoms with E-state index >= 15 is 0 Å². The Morgan fingerprint density at radius 1 is 1.00 bits per heavy atom. The zero-order valence-corrected chi connectivity index (χ0v) is 12.6. The maximum absolute atomic E-state index is 4.56. The highest BCUT2D eigenvalue weighted by Crippen LogP contribution is 2.21. The van der Waals surface area contributed by atoms with Crippen molar-refractivity contribution >= 4 is 21.6 Å². The molecule has 2 heterocycles. The van der Waals surface area contributed by atoms with Crippen molar-refractivity contribution in [3.63, 3.8) is 0 Å². The lowest BCUT2D eigenvalue weighted by Crippen LogP contribution is -3.00. The summed E-state index contributed by atoms with van der Waals surface area (Å²) in [6.45, 7) is 0. The fourth-order valence-corrected chi connectivity index (χ4v) is 1.96.